The van der Waals surface area contributed by atoms with E-state index in [2.05, 4.69) is 20.6 Å². The Hall–Kier alpha value is -3.66. The molecular formula is C23H24FN5O3S. The molecule has 33 heavy (non-hydrogen) atoms. The van der Waals surface area contributed by atoms with E-state index < -0.39 is 0 Å². The molecule has 0 saturated heterocycles. The molecule has 172 valence electrons. The second kappa shape index (κ2) is 9.86. The number of hydrogen-bond donors (Lipinski definition) is 2. The van der Waals surface area contributed by atoms with Crippen LogP contribution in [0.5, 0.6) is 11.5 Å². The monoisotopic (exact) mass is 469 g/mol. The third-order valence-corrected chi connectivity index (χ3v) is 6.22. The Kier molecular flexibility index (Phi) is 6.74. The molecule has 3 aromatic heterocycles. The second-order valence-electron chi connectivity index (χ2n) is 7.16. The Morgan fingerprint density at radius 1 is 1.21 bits per heavy atom. The van der Waals surface area contributed by atoms with Crippen molar-refractivity contribution in [3.63, 3.8) is 0 Å². The molecule has 0 aliphatic carbocycles. The number of benzene rings is 1. The minimum Gasteiger partial charge on any atom is -0.496 e. The zero-order valence-electron chi connectivity index (χ0n) is 18.5. The summed E-state index contributed by atoms with van der Waals surface area (Å²) in [5, 5.41) is 7.32. The van der Waals surface area contributed by atoms with Gasteiger partial charge in [-0.15, -0.1) is 11.3 Å². The maximum atomic E-state index is 14.6. The van der Waals surface area contributed by atoms with Crippen LogP contribution in [0.2, 0.25) is 0 Å². The van der Waals surface area contributed by atoms with Gasteiger partial charge in [0.15, 0.2) is 5.75 Å². The maximum absolute atomic E-state index is 14.6. The Balaban J connectivity index is 1.51. The lowest BCUT2D eigenvalue weighted by molar-refractivity contribution is -0.105. The number of nitrogens with one attached hydrogen (secondary N) is 2. The SMILES string of the molecule is CCOc1cc(-c2cc(NCCn3c(C)cc4c(OC)ccc(F)c43)ncn2)sc1NC=O. The molecule has 10 heteroatoms. The first-order valence-electron chi connectivity index (χ1n) is 10.4. The summed E-state index contributed by atoms with van der Waals surface area (Å²) in [5.74, 6) is 1.60. The van der Waals surface area contributed by atoms with E-state index in [9.17, 15) is 9.18 Å². The summed E-state index contributed by atoms with van der Waals surface area (Å²) >= 11 is 1.37. The molecule has 0 aliphatic heterocycles. The zero-order valence-corrected chi connectivity index (χ0v) is 19.3. The number of anilines is 2. The van der Waals surface area contributed by atoms with Gasteiger partial charge in [-0.25, -0.2) is 14.4 Å². The van der Waals surface area contributed by atoms with Gasteiger partial charge in [-0.05, 0) is 32.0 Å². The van der Waals surface area contributed by atoms with E-state index in [-0.39, 0.29) is 5.82 Å². The lowest BCUT2D eigenvalue weighted by Gasteiger charge is -2.11. The predicted octanol–water partition coefficient (Wildman–Crippen LogP) is 4.70. The highest BCUT2D eigenvalue weighted by Crippen LogP contribution is 2.40. The molecular weight excluding hydrogens is 445 g/mol. The molecule has 0 aliphatic rings. The zero-order chi connectivity index (χ0) is 23.4. The van der Waals surface area contributed by atoms with Crippen LogP contribution in [-0.2, 0) is 11.3 Å². The van der Waals surface area contributed by atoms with Crippen molar-refractivity contribution in [2.75, 3.05) is 30.9 Å². The molecule has 3 heterocycles. The van der Waals surface area contributed by atoms with Crippen molar-refractivity contribution in [2.24, 2.45) is 0 Å². The number of amides is 1. The number of halogens is 1. The molecule has 0 fully saturated rings. The lowest BCUT2D eigenvalue weighted by atomic mass is 10.2. The van der Waals surface area contributed by atoms with Gasteiger partial charge >= 0.3 is 0 Å². The number of ether oxygens (including phenoxy) is 2. The predicted molar refractivity (Wildman–Crippen MR) is 128 cm³/mol. The number of hydrogen-bond acceptors (Lipinski definition) is 7. The van der Waals surface area contributed by atoms with Gasteiger partial charge in [0.25, 0.3) is 0 Å². The first kappa shape index (κ1) is 22.5. The number of aromatic nitrogens is 3. The Labute approximate surface area is 194 Å². The fourth-order valence-electron chi connectivity index (χ4n) is 3.71. The summed E-state index contributed by atoms with van der Waals surface area (Å²) in [6.07, 6.45) is 2.10. The second-order valence-corrected chi connectivity index (χ2v) is 8.22. The lowest BCUT2D eigenvalue weighted by Crippen LogP contribution is -2.12. The molecule has 0 bridgehead atoms. The molecule has 2 N–H and O–H groups in total. The highest BCUT2D eigenvalue weighted by Gasteiger charge is 2.15. The first-order chi connectivity index (χ1) is 16.0. The molecule has 0 atom stereocenters. The summed E-state index contributed by atoms with van der Waals surface area (Å²) in [5.41, 5.74) is 2.17. The Bertz CT molecular complexity index is 1290. The van der Waals surface area contributed by atoms with Gasteiger partial charge in [-0.2, -0.15) is 0 Å². The molecule has 0 unspecified atom stereocenters. The van der Waals surface area contributed by atoms with Crippen molar-refractivity contribution in [1.82, 2.24) is 14.5 Å². The average Bonchev–Trinajstić information content (AvgIpc) is 3.36. The molecule has 8 nitrogen and oxygen atoms in total. The standard InChI is InChI=1S/C23H24FN5O3S/c1-4-32-19-11-20(33-23(19)28-13-30)17-10-21(27-12-26-17)25-7-8-29-14(2)9-15-18(31-3)6-5-16(24)22(15)29/h5-6,9-13H,4,7-8H2,1-3H3,(H,28,30)(H,25,26,27). The van der Waals surface area contributed by atoms with E-state index in [1.807, 2.05) is 36.6 Å². The van der Waals surface area contributed by atoms with Crippen LogP contribution in [0, 0.1) is 12.7 Å². The minimum atomic E-state index is -0.286. The van der Waals surface area contributed by atoms with Crippen LogP contribution < -0.4 is 20.1 Å². The van der Waals surface area contributed by atoms with E-state index in [1.165, 1.54) is 23.7 Å². The van der Waals surface area contributed by atoms with Crippen LogP contribution in [0.3, 0.4) is 0 Å². The van der Waals surface area contributed by atoms with Crippen molar-refractivity contribution in [2.45, 2.75) is 20.4 Å². The topological polar surface area (TPSA) is 90.3 Å². The van der Waals surface area contributed by atoms with Gasteiger partial charge in [0.2, 0.25) is 6.41 Å². The van der Waals surface area contributed by atoms with E-state index in [0.29, 0.717) is 59.6 Å². The molecule has 0 radical (unpaired) electrons. The van der Waals surface area contributed by atoms with Crippen molar-refractivity contribution in [1.29, 1.82) is 0 Å². The first-order valence-corrected chi connectivity index (χ1v) is 11.2. The van der Waals surface area contributed by atoms with E-state index >= 15 is 0 Å². The van der Waals surface area contributed by atoms with Crippen LogP contribution in [0.4, 0.5) is 15.2 Å². The van der Waals surface area contributed by atoms with E-state index in [4.69, 9.17) is 9.47 Å². The summed E-state index contributed by atoms with van der Waals surface area (Å²) in [4.78, 5) is 20.4. The van der Waals surface area contributed by atoms with Crippen molar-refractivity contribution >= 4 is 39.5 Å². The third-order valence-electron chi connectivity index (χ3n) is 5.15. The van der Waals surface area contributed by atoms with Crippen LogP contribution in [-0.4, -0.2) is 41.2 Å². The molecule has 4 aromatic rings. The van der Waals surface area contributed by atoms with Gasteiger partial charge in [0.05, 0.1) is 29.8 Å². The quantitative estimate of drug-likeness (QED) is 0.327. The fourth-order valence-corrected chi connectivity index (χ4v) is 4.64. The van der Waals surface area contributed by atoms with Crippen molar-refractivity contribution in [3.05, 3.63) is 48.2 Å². The molecule has 1 aromatic carbocycles. The highest BCUT2D eigenvalue weighted by molar-refractivity contribution is 7.20. The van der Waals surface area contributed by atoms with Gasteiger partial charge in [-0.3, -0.25) is 4.79 Å². The number of aryl methyl sites for hydroxylation is 1. The van der Waals surface area contributed by atoms with Gasteiger partial charge in [-0.1, -0.05) is 0 Å². The minimum absolute atomic E-state index is 0.286. The van der Waals surface area contributed by atoms with Crippen LogP contribution in [0.1, 0.15) is 12.6 Å². The Morgan fingerprint density at radius 3 is 2.82 bits per heavy atom. The van der Waals surface area contributed by atoms with E-state index in [1.54, 1.807) is 13.2 Å². The van der Waals surface area contributed by atoms with Crippen LogP contribution >= 0.6 is 11.3 Å². The number of carbonyl (C=O) groups is 1. The summed E-state index contributed by atoms with van der Waals surface area (Å²) in [6, 6.07) is 8.66. The third kappa shape index (κ3) is 4.61. The van der Waals surface area contributed by atoms with Crippen molar-refractivity contribution < 1.29 is 18.7 Å². The van der Waals surface area contributed by atoms with E-state index in [0.717, 1.165) is 16.0 Å². The number of thiophene rings is 1. The molecule has 0 saturated carbocycles. The maximum Gasteiger partial charge on any atom is 0.212 e. The number of fused-ring (bicyclic) bond motifs is 1. The molecule has 1 amide bonds. The Morgan fingerprint density at radius 2 is 2.06 bits per heavy atom. The van der Waals surface area contributed by atoms with Gasteiger partial charge < -0.3 is 24.7 Å². The summed E-state index contributed by atoms with van der Waals surface area (Å²) in [6.45, 7) is 5.38. The van der Waals surface area contributed by atoms with Crippen LogP contribution in [0.25, 0.3) is 21.5 Å². The molecule has 4 rings (SSSR count). The number of carbonyl (C=O) groups excluding carboxylic acids is 1. The largest absolute Gasteiger partial charge is 0.496 e. The number of rotatable bonds is 10. The van der Waals surface area contributed by atoms with Crippen molar-refractivity contribution in [3.8, 4) is 22.1 Å². The summed E-state index contributed by atoms with van der Waals surface area (Å²) < 4.78 is 27.4. The normalized spacial score (nSPS) is 10.9. The van der Waals surface area contributed by atoms with Gasteiger partial charge in [0.1, 0.15) is 28.7 Å². The van der Waals surface area contributed by atoms with Gasteiger partial charge in [0, 0.05) is 36.3 Å². The fraction of sp³-hybridized carbons (Fsp3) is 0.261. The number of methoxy groups -OCH3 is 1. The molecule has 0 spiro atoms. The average molecular weight is 470 g/mol. The smallest absolute Gasteiger partial charge is 0.212 e. The van der Waals surface area contributed by atoms with Crippen LogP contribution in [0.15, 0.2) is 36.7 Å². The number of nitrogens with zero attached hydrogens (tertiary/aromatic N) is 3. The highest BCUT2D eigenvalue weighted by atomic mass is 32.1. The summed E-state index contributed by atoms with van der Waals surface area (Å²) in [7, 11) is 1.58.